The van der Waals surface area contributed by atoms with E-state index in [0.29, 0.717) is 0 Å². The third-order valence-electron chi connectivity index (χ3n) is 16.5. The topological polar surface area (TPSA) is 51.3 Å². The zero-order valence-electron chi connectivity index (χ0n) is 45.5. The molecule has 6 nitrogen and oxygen atoms in total. The Balaban J connectivity index is 0.000000111. The molecule has 10 heteroatoms. The zero-order chi connectivity index (χ0) is 56.7. The van der Waals surface area contributed by atoms with Gasteiger partial charge in [-0.05, 0) is 146 Å². The summed E-state index contributed by atoms with van der Waals surface area (Å²) < 4.78 is 13.8. The molecule has 6 heterocycles. The zero-order valence-corrected chi connectivity index (χ0v) is 51.9. The van der Waals surface area contributed by atoms with Crippen LogP contribution in [0, 0.1) is 0 Å². The van der Waals surface area contributed by atoms with Gasteiger partial charge in [-0.25, -0.2) is 0 Å². The number of hydrogen-bond acceptors (Lipinski definition) is 0. The first-order valence-electron chi connectivity index (χ1n) is 27.8. The van der Waals surface area contributed by atoms with Crippen LogP contribution in [0.3, 0.4) is 0 Å². The summed E-state index contributed by atoms with van der Waals surface area (Å²) in [5.74, 6) is 0. The number of hydrogen-bond donors (Lipinski definition) is 2. The van der Waals surface area contributed by atoms with Gasteiger partial charge in [-0.15, -0.1) is 0 Å². The van der Waals surface area contributed by atoms with Gasteiger partial charge in [-0.3, -0.25) is 0 Å². The molecule has 6 aromatic heterocycles. The Bertz CT molecular complexity index is 5170. The highest BCUT2D eigenvalue weighted by Gasteiger charge is 2.18. The molecular weight excluding hydrogens is 1290 g/mol. The van der Waals surface area contributed by atoms with Gasteiger partial charge in [0.05, 0.1) is 22.1 Å². The van der Waals surface area contributed by atoms with E-state index in [1.54, 1.807) is 0 Å². The van der Waals surface area contributed by atoms with Crippen molar-refractivity contribution in [1.82, 2.24) is 28.2 Å². The van der Waals surface area contributed by atoms with E-state index in [2.05, 4.69) is 349 Å². The van der Waals surface area contributed by atoms with Crippen LogP contribution in [0.2, 0.25) is 0 Å². The van der Waals surface area contributed by atoms with Gasteiger partial charge in [-0.2, -0.15) is 0 Å². The third kappa shape index (κ3) is 8.93. The maximum atomic E-state index is 3.52. The van der Waals surface area contributed by atoms with E-state index in [1.807, 2.05) is 12.1 Å². The summed E-state index contributed by atoms with van der Waals surface area (Å²) >= 11 is 14.0. The summed E-state index contributed by atoms with van der Waals surface area (Å²) in [5, 5.41) is 15.3. The van der Waals surface area contributed by atoms with E-state index in [4.69, 9.17) is 0 Å². The van der Waals surface area contributed by atoms with Crippen molar-refractivity contribution in [3.8, 4) is 11.4 Å². The minimum atomic E-state index is 1.11. The molecule has 0 fully saturated rings. The van der Waals surface area contributed by atoms with Gasteiger partial charge in [0.1, 0.15) is 0 Å². The van der Waals surface area contributed by atoms with E-state index in [-0.39, 0.29) is 0 Å². The number of halogens is 4. The molecule has 0 unspecified atom stereocenters. The second kappa shape index (κ2) is 21.2. The number of nitrogens with one attached hydrogen (secondary N) is 2. The van der Waals surface area contributed by atoms with E-state index < -0.39 is 0 Å². The Morgan fingerprint density at radius 2 is 0.488 bits per heavy atom. The fraction of sp³-hybridized carbons (Fsp3) is 0.0270. The lowest BCUT2D eigenvalue weighted by molar-refractivity contribution is 1.01. The summed E-state index contributed by atoms with van der Waals surface area (Å²) in [6, 6.07) is 90.7. The number of H-pyrrole nitrogens is 2. The number of fused-ring (bicyclic) bond motifs is 18. The Labute approximate surface area is 516 Å². The molecule has 0 amide bonds. The van der Waals surface area contributed by atoms with E-state index in [1.165, 1.54) is 142 Å². The molecule has 0 saturated carbocycles. The minimum Gasteiger partial charge on any atom is -0.355 e. The van der Waals surface area contributed by atoms with Crippen molar-refractivity contribution in [3.05, 3.63) is 273 Å². The molecule has 2 N–H and O–H groups in total. The first kappa shape index (κ1) is 52.2. The second-order valence-electron chi connectivity index (χ2n) is 21.3. The molecule has 0 aliphatic carbocycles. The van der Waals surface area contributed by atoms with Gasteiger partial charge in [-0.1, -0.05) is 173 Å². The normalized spacial score (nSPS) is 11.7. The SMILES string of the molecule is Brc1ccc2[nH]c3ccc(Br)cc3c2c1.Cn1c2ccc(-n3c4ccccc4c4ccccc43)cc2c2cc(-n3c4ccccc4c4ccccc43)ccc21.Cn1c2ccc(Br)cc2c2cc(Br)ccc21.c1ccc2c(c1)[nH]c1ccccc12. The summed E-state index contributed by atoms with van der Waals surface area (Å²) in [4.78, 5) is 6.77. The van der Waals surface area contributed by atoms with Gasteiger partial charge in [0, 0.05) is 152 Å². The lowest BCUT2D eigenvalue weighted by Gasteiger charge is -2.09. The highest BCUT2D eigenvalue weighted by atomic mass is 79.9. The number of aryl methyl sites for hydroxylation is 2. The number of para-hydroxylation sites is 6. The second-order valence-corrected chi connectivity index (χ2v) is 25.0. The molecule has 12 aromatic carbocycles. The monoisotopic (exact) mass is 1340 g/mol. The first-order chi connectivity index (χ1) is 41.1. The van der Waals surface area contributed by atoms with Crippen LogP contribution in [0.15, 0.2) is 273 Å². The molecular formula is C74H50Br4N6. The molecule has 0 atom stereocenters. The predicted octanol–water partition coefficient (Wildman–Crippen LogP) is 22.5. The molecule has 404 valence electrons. The van der Waals surface area contributed by atoms with Crippen LogP contribution in [0.1, 0.15) is 0 Å². The number of nitrogens with zero attached hydrogens (tertiary/aromatic N) is 4. The smallest absolute Gasteiger partial charge is 0.0541 e. The van der Waals surface area contributed by atoms with Crippen LogP contribution in [-0.2, 0) is 14.1 Å². The van der Waals surface area contributed by atoms with Crippen molar-refractivity contribution in [2.45, 2.75) is 0 Å². The Morgan fingerprint density at radius 1 is 0.226 bits per heavy atom. The van der Waals surface area contributed by atoms with Crippen molar-refractivity contribution >= 4 is 195 Å². The van der Waals surface area contributed by atoms with Crippen LogP contribution in [0.5, 0.6) is 0 Å². The quantitative estimate of drug-likeness (QED) is 0.173. The summed E-state index contributed by atoms with van der Waals surface area (Å²) in [7, 11) is 4.28. The standard InChI is InChI=1S/C37H25N3.C13H9Br2N.C12H7Br2N.C12H9N/c1-38-32-20-18-24(39-34-14-6-2-10-26(34)27-11-3-7-15-35(27)39)22-30(32)31-23-25(19-21-33(31)38)40-36-16-8-4-12-28(36)29-13-5-9-17-37(29)40;1-16-12-4-2-8(14)6-10(12)11-7-9(15)3-5-13(11)16;13-7-1-3-11-9(5-7)10-6-8(14)2-4-12(10)15-11;1-3-7-11-9(5-1)10-6-2-4-8-12(10)13-11/h2-23H,1H3;2-7H,1H3;1-6,15H;1-8,13H. The summed E-state index contributed by atoms with van der Waals surface area (Å²) in [5.41, 5.74) is 17.0. The van der Waals surface area contributed by atoms with Gasteiger partial charge < -0.3 is 28.2 Å². The number of aromatic nitrogens is 6. The van der Waals surface area contributed by atoms with Crippen molar-refractivity contribution in [1.29, 1.82) is 0 Å². The number of rotatable bonds is 2. The van der Waals surface area contributed by atoms with Crippen molar-refractivity contribution in [3.63, 3.8) is 0 Å². The molecule has 0 aliphatic rings. The van der Waals surface area contributed by atoms with E-state index in [0.717, 1.165) is 17.9 Å². The molecule has 18 aromatic rings. The summed E-state index contributed by atoms with van der Waals surface area (Å²) in [6.45, 7) is 0. The Hall–Kier alpha value is -8.64. The molecule has 84 heavy (non-hydrogen) atoms. The average Bonchev–Trinajstić information content (AvgIpc) is 2.04. The van der Waals surface area contributed by atoms with Crippen LogP contribution >= 0.6 is 63.7 Å². The fourth-order valence-corrected chi connectivity index (χ4v) is 14.1. The first-order valence-corrected chi connectivity index (χ1v) is 31.0. The van der Waals surface area contributed by atoms with Crippen molar-refractivity contribution in [2.75, 3.05) is 0 Å². The van der Waals surface area contributed by atoms with Gasteiger partial charge >= 0.3 is 0 Å². The molecule has 0 saturated heterocycles. The molecule has 18 rings (SSSR count). The Kier molecular flexibility index (Phi) is 13.2. The van der Waals surface area contributed by atoms with Gasteiger partial charge in [0.25, 0.3) is 0 Å². The maximum absolute atomic E-state index is 3.52. The fourth-order valence-electron chi connectivity index (χ4n) is 12.7. The minimum absolute atomic E-state index is 1.11. The van der Waals surface area contributed by atoms with Crippen LogP contribution in [0.25, 0.3) is 142 Å². The van der Waals surface area contributed by atoms with Crippen molar-refractivity contribution in [2.24, 2.45) is 14.1 Å². The largest absolute Gasteiger partial charge is 0.355 e. The highest BCUT2D eigenvalue weighted by molar-refractivity contribution is 9.11. The van der Waals surface area contributed by atoms with E-state index >= 15 is 0 Å². The van der Waals surface area contributed by atoms with Crippen molar-refractivity contribution < 1.29 is 0 Å². The number of benzene rings is 12. The van der Waals surface area contributed by atoms with E-state index in [9.17, 15) is 0 Å². The van der Waals surface area contributed by atoms with Gasteiger partial charge in [0.15, 0.2) is 0 Å². The summed E-state index contributed by atoms with van der Waals surface area (Å²) in [6.07, 6.45) is 0. The van der Waals surface area contributed by atoms with Crippen LogP contribution in [-0.4, -0.2) is 28.2 Å². The number of aromatic amines is 2. The van der Waals surface area contributed by atoms with Crippen LogP contribution < -0.4 is 0 Å². The molecule has 0 aliphatic heterocycles. The highest BCUT2D eigenvalue weighted by Crippen LogP contribution is 2.39. The average molecular weight is 1340 g/mol. The van der Waals surface area contributed by atoms with Crippen LogP contribution in [0.4, 0.5) is 0 Å². The Morgan fingerprint density at radius 3 is 0.845 bits per heavy atom. The molecule has 0 bridgehead atoms. The lowest BCUT2D eigenvalue weighted by Crippen LogP contribution is -1.94. The maximum Gasteiger partial charge on any atom is 0.0541 e. The molecule has 0 spiro atoms. The third-order valence-corrected chi connectivity index (χ3v) is 18.5. The lowest BCUT2D eigenvalue weighted by atomic mass is 10.1. The molecule has 0 radical (unpaired) electrons. The van der Waals surface area contributed by atoms with Gasteiger partial charge in [0.2, 0.25) is 0 Å². The predicted molar refractivity (Wildman–Crippen MR) is 372 cm³/mol.